The van der Waals surface area contributed by atoms with Crippen molar-refractivity contribution in [1.29, 1.82) is 0 Å². The summed E-state index contributed by atoms with van der Waals surface area (Å²) in [4.78, 5) is 2.52. The predicted octanol–water partition coefficient (Wildman–Crippen LogP) is 2.80. The lowest BCUT2D eigenvalue weighted by atomic mass is 10.0. The maximum absolute atomic E-state index is 5.51. The SMILES string of the molecule is COC1CCCN(Cc2ccccc2CNC(C)C)C1. The van der Waals surface area contributed by atoms with E-state index in [2.05, 4.69) is 48.3 Å². The first kappa shape index (κ1) is 15.5. The van der Waals surface area contributed by atoms with Crippen LogP contribution < -0.4 is 5.32 Å². The molecular weight excluding hydrogens is 248 g/mol. The van der Waals surface area contributed by atoms with Crippen LogP contribution in [0.4, 0.5) is 0 Å². The maximum atomic E-state index is 5.51. The first-order valence-corrected chi connectivity index (χ1v) is 7.74. The average molecular weight is 276 g/mol. The number of ether oxygens (including phenoxy) is 1. The molecule has 0 spiro atoms. The van der Waals surface area contributed by atoms with Crippen LogP contribution in [-0.4, -0.2) is 37.2 Å². The summed E-state index contributed by atoms with van der Waals surface area (Å²) in [6.07, 6.45) is 2.85. The number of methoxy groups -OCH3 is 1. The summed E-state index contributed by atoms with van der Waals surface area (Å²) in [5.41, 5.74) is 2.86. The van der Waals surface area contributed by atoms with Gasteiger partial charge in [0.2, 0.25) is 0 Å². The van der Waals surface area contributed by atoms with Crippen molar-refractivity contribution in [3.63, 3.8) is 0 Å². The van der Waals surface area contributed by atoms with Gasteiger partial charge in [0.25, 0.3) is 0 Å². The molecule has 1 atom stereocenters. The zero-order valence-electron chi connectivity index (χ0n) is 13.1. The standard InChI is InChI=1S/C17H28N2O/c1-14(2)18-11-15-7-4-5-8-16(15)12-19-10-6-9-17(13-19)20-3/h4-5,7-8,14,17-18H,6,9-13H2,1-3H3. The Morgan fingerprint density at radius 2 is 2.05 bits per heavy atom. The van der Waals surface area contributed by atoms with Crippen molar-refractivity contribution in [3.8, 4) is 0 Å². The second-order valence-electron chi connectivity index (χ2n) is 6.04. The summed E-state index contributed by atoms with van der Waals surface area (Å²) in [7, 11) is 1.83. The Hall–Kier alpha value is -0.900. The molecule has 2 rings (SSSR count). The van der Waals surface area contributed by atoms with Crippen LogP contribution in [0.15, 0.2) is 24.3 Å². The van der Waals surface area contributed by atoms with E-state index in [1.807, 2.05) is 7.11 Å². The average Bonchev–Trinajstić information content (AvgIpc) is 2.46. The first-order valence-electron chi connectivity index (χ1n) is 7.74. The lowest BCUT2D eigenvalue weighted by molar-refractivity contribution is 0.0284. The highest BCUT2D eigenvalue weighted by molar-refractivity contribution is 5.27. The number of benzene rings is 1. The van der Waals surface area contributed by atoms with Crippen LogP contribution in [0.2, 0.25) is 0 Å². The topological polar surface area (TPSA) is 24.5 Å². The van der Waals surface area contributed by atoms with Gasteiger partial charge in [0.1, 0.15) is 0 Å². The Bertz CT molecular complexity index is 406. The lowest BCUT2D eigenvalue weighted by Crippen LogP contribution is -2.39. The molecule has 0 aromatic heterocycles. The molecule has 0 bridgehead atoms. The van der Waals surface area contributed by atoms with Crippen LogP contribution in [0.25, 0.3) is 0 Å². The molecule has 1 N–H and O–H groups in total. The molecule has 0 aliphatic carbocycles. The predicted molar refractivity (Wildman–Crippen MR) is 83.7 cm³/mol. The van der Waals surface area contributed by atoms with Gasteiger partial charge in [-0.15, -0.1) is 0 Å². The van der Waals surface area contributed by atoms with E-state index in [4.69, 9.17) is 4.74 Å². The Balaban J connectivity index is 1.97. The van der Waals surface area contributed by atoms with E-state index in [-0.39, 0.29) is 0 Å². The number of hydrogen-bond donors (Lipinski definition) is 1. The van der Waals surface area contributed by atoms with Crippen LogP contribution in [-0.2, 0) is 17.8 Å². The first-order chi connectivity index (χ1) is 9.69. The Morgan fingerprint density at radius 3 is 2.75 bits per heavy atom. The third-order valence-corrected chi connectivity index (χ3v) is 4.01. The molecule has 1 aliphatic heterocycles. The summed E-state index contributed by atoms with van der Waals surface area (Å²) in [6.45, 7) is 8.62. The molecular formula is C17H28N2O. The highest BCUT2D eigenvalue weighted by atomic mass is 16.5. The zero-order chi connectivity index (χ0) is 14.4. The largest absolute Gasteiger partial charge is 0.380 e. The summed E-state index contributed by atoms with van der Waals surface area (Å²) >= 11 is 0. The number of piperidine rings is 1. The van der Waals surface area contributed by atoms with Crippen LogP contribution in [0, 0.1) is 0 Å². The molecule has 3 nitrogen and oxygen atoms in total. The fraction of sp³-hybridized carbons (Fsp3) is 0.647. The van der Waals surface area contributed by atoms with Crippen LogP contribution >= 0.6 is 0 Å². The smallest absolute Gasteiger partial charge is 0.0698 e. The van der Waals surface area contributed by atoms with E-state index in [1.165, 1.54) is 30.5 Å². The van der Waals surface area contributed by atoms with Crippen molar-refractivity contribution in [3.05, 3.63) is 35.4 Å². The van der Waals surface area contributed by atoms with E-state index in [9.17, 15) is 0 Å². The second kappa shape index (κ2) is 7.77. The minimum absolute atomic E-state index is 0.407. The van der Waals surface area contributed by atoms with Crippen LogP contribution in [0.1, 0.15) is 37.8 Å². The highest BCUT2D eigenvalue weighted by Gasteiger charge is 2.19. The molecule has 112 valence electrons. The monoisotopic (exact) mass is 276 g/mol. The molecule has 1 saturated heterocycles. The molecule has 1 aromatic carbocycles. The Morgan fingerprint density at radius 1 is 1.30 bits per heavy atom. The van der Waals surface area contributed by atoms with Gasteiger partial charge in [-0.25, -0.2) is 0 Å². The number of nitrogens with one attached hydrogen (secondary N) is 1. The van der Waals surface area contributed by atoms with E-state index < -0.39 is 0 Å². The number of rotatable bonds is 6. The molecule has 1 unspecified atom stereocenters. The van der Waals surface area contributed by atoms with Gasteiger partial charge in [-0.1, -0.05) is 38.1 Å². The molecule has 1 aromatic rings. The molecule has 0 amide bonds. The fourth-order valence-corrected chi connectivity index (χ4v) is 2.79. The van der Waals surface area contributed by atoms with Crippen molar-refractivity contribution in [2.24, 2.45) is 0 Å². The Labute approximate surface area is 123 Å². The molecule has 1 heterocycles. The highest BCUT2D eigenvalue weighted by Crippen LogP contribution is 2.17. The molecule has 1 fully saturated rings. The molecule has 3 heteroatoms. The lowest BCUT2D eigenvalue weighted by Gasteiger charge is -2.32. The van der Waals surface area contributed by atoms with Gasteiger partial charge in [-0.05, 0) is 30.5 Å². The summed E-state index contributed by atoms with van der Waals surface area (Å²) in [6, 6.07) is 9.30. The quantitative estimate of drug-likeness (QED) is 0.864. The minimum atomic E-state index is 0.407. The zero-order valence-corrected chi connectivity index (χ0v) is 13.1. The van der Waals surface area contributed by atoms with Crippen LogP contribution in [0.5, 0.6) is 0 Å². The second-order valence-corrected chi connectivity index (χ2v) is 6.04. The van der Waals surface area contributed by atoms with Gasteiger partial charge in [-0.3, -0.25) is 4.90 Å². The van der Waals surface area contributed by atoms with Crippen molar-refractivity contribution in [1.82, 2.24) is 10.2 Å². The van der Waals surface area contributed by atoms with E-state index in [0.29, 0.717) is 12.1 Å². The molecule has 0 saturated carbocycles. The van der Waals surface area contributed by atoms with Gasteiger partial charge >= 0.3 is 0 Å². The third kappa shape index (κ3) is 4.58. The van der Waals surface area contributed by atoms with Gasteiger partial charge in [-0.2, -0.15) is 0 Å². The maximum Gasteiger partial charge on any atom is 0.0698 e. The van der Waals surface area contributed by atoms with Crippen LogP contribution in [0.3, 0.4) is 0 Å². The molecule has 1 aliphatic rings. The van der Waals surface area contributed by atoms with Gasteiger partial charge in [0, 0.05) is 32.8 Å². The van der Waals surface area contributed by atoms with E-state index in [0.717, 1.165) is 19.6 Å². The number of hydrogen-bond acceptors (Lipinski definition) is 3. The van der Waals surface area contributed by atoms with Gasteiger partial charge in [0.05, 0.1) is 6.10 Å². The summed E-state index contributed by atoms with van der Waals surface area (Å²) in [5, 5.41) is 3.52. The van der Waals surface area contributed by atoms with Crippen molar-refractivity contribution in [2.45, 2.75) is 51.9 Å². The van der Waals surface area contributed by atoms with E-state index >= 15 is 0 Å². The Kier molecular flexibility index (Phi) is 6.02. The normalized spacial score (nSPS) is 20.5. The van der Waals surface area contributed by atoms with E-state index in [1.54, 1.807) is 0 Å². The van der Waals surface area contributed by atoms with Crippen molar-refractivity contribution >= 4 is 0 Å². The molecule has 0 radical (unpaired) electrons. The van der Waals surface area contributed by atoms with Gasteiger partial charge in [0.15, 0.2) is 0 Å². The fourth-order valence-electron chi connectivity index (χ4n) is 2.79. The van der Waals surface area contributed by atoms with Gasteiger partial charge < -0.3 is 10.1 Å². The number of nitrogens with zero attached hydrogens (tertiary/aromatic N) is 1. The summed E-state index contributed by atoms with van der Waals surface area (Å²) < 4.78 is 5.51. The number of likely N-dealkylation sites (tertiary alicyclic amines) is 1. The minimum Gasteiger partial charge on any atom is -0.380 e. The van der Waals surface area contributed by atoms with Crippen molar-refractivity contribution in [2.75, 3.05) is 20.2 Å². The molecule has 20 heavy (non-hydrogen) atoms. The van der Waals surface area contributed by atoms with Crippen molar-refractivity contribution < 1.29 is 4.74 Å². The summed E-state index contributed by atoms with van der Waals surface area (Å²) in [5.74, 6) is 0. The third-order valence-electron chi connectivity index (χ3n) is 4.01.